The lowest BCUT2D eigenvalue weighted by Crippen LogP contribution is -2.50. The van der Waals surface area contributed by atoms with Gasteiger partial charge in [0.15, 0.2) is 0 Å². The number of carbonyl (C=O) groups excluding carboxylic acids is 4. The third-order valence-corrected chi connectivity index (χ3v) is 3.72. The van der Waals surface area contributed by atoms with Crippen molar-refractivity contribution in [3.63, 3.8) is 0 Å². The second-order valence-electron chi connectivity index (χ2n) is 5.06. The maximum Gasteiger partial charge on any atom is 0.322 e. The molecule has 3 aliphatic rings. The zero-order valence-corrected chi connectivity index (χ0v) is 10.6. The van der Waals surface area contributed by atoms with Crippen LogP contribution in [0.1, 0.15) is 19.3 Å². The van der Waals surface area contributed by atoms with Gasteiger partial charge < -0.3 is 10.2 Å². The van der Waals surface area contributed by atoms with E-state index in [1.807, 2.05) is 0 Å². The van der Waals surface area contributed by atoms with Gasteiger partial charge in [0, 0.05) is 19.4 Å². The molecule has 0 saturated carbocycles. The Morgan fingerprint density at radius 3 is 2.65 bits per heavy atom. The van der Waals surface area contributed by atoms with E-state index < -0.39 is 17.5 Å². The molecule has 9 heteroatoms. The van der Waals surface area contributed by atoms with E-state index in [-0.39, 0.29) is 36.9 Å². The molecule has 0 aromatic heterocycles. The first-order valence-corrected chi connectivity index (χ1v) is 6.28. The van der Waals surface area contributed by atoms with Crippen molar-refractivity contribution in [3.8, 4) is 0 Å². The van der Waals surface area contributed by atoms with Crippen LogP contribution >= 0.6 is 0 Å². The van der Waals surface area contributed by atoms with E-state index in [9.17, 15) is 19.2 Å². The normalized spacial score (nSPS) is 29.1. The largest absolute Gasteiger partial charge is 0.335 e. The minimum Gasteiger partial charge on any atom is -0.335 e. The third-order valence-electron chi connectivity index (χ3n) is 3.72. The van der Waals surface area contributed by atoms with Crippen LogP contribution in [-0.4, -0.2) is 53.0 Å². The summed E-state index contributed by atoms with van der Waals surface area (Å²) in [6.45, 7) is 0.482. The van der Waals surface area contributed by atoms with Gasteiger partial charge in [-0.1, -0.05) is 0 Å². The minimum atomic E-state index is -1.02. The van der Waals surface area contributed by atoms with Crippen LogP contribution in [0.4, 0.5) is 4.79 Å². The Kier molecular flexibility index (Phi) is 2.70. The molecular formula is C11H13N5O4. The Labute approximate surface area is 113 Å². The fourth-order valence-electron chi connectivity index (χ4n) is 2.61. The molecule has 0 aromatic rings. The van der Waals surface area contributed by atoms with Crippen LogP contribution in [0.3, 0.4) is 0 Å². The zero-order chi connectivity index (χ0) is 14.3. The molecule has 0 radical (unpaired) electrons. The predicted octanol–water partition coefficient (Wildman–Crippen LogP) is -1.94. The number of amides is 5. The number of hydrogen-bond donors (Lipinski definition) is 3. The van der Waals surface area contributed by atoms with Gasteiger partial charge in [0.1, 0.15) is 11.3 Å². The Bertz CT molecular complexity index is 557. The quantitative estimate of drug-likeness (QED) is 0.484. The number of hydrogen-bond acceptors (Lipinski definition) is 5. The van der Waals surface area contributed by atoms with E-state index in [1.165, 1.54) is 4.90 Å². The Morgan fingerprint density at radius 1 is 1.25 bits per heavy atom. The van der Waals surface area contributed by atoms with Crippen molar-refractivity contribution >= 4 is 29.5 Å². The lowest BCUT2D eigenvalue weighted by atomic mass is 9.99. The van der Waals surface area contributed by atoms with Gasteiger partial charge in [0.25, 0.3) is 11.8 Å². The molecule has 2 fully saturated rings. The van der Waals surface area contributed by atoms with Gasteiger partial charge in [0.05, 0.1) is 6.54 Å². The molecule has 2 saturated heterocycles. The molecule has 1 spiro atoms. The Morgan fingerprint density at radius 2 is 2.05 bits per heavy atom. The van der Waals surface area contributed by atoms with Gasteiger partial charge in [-0.3, -0.25) is 19.7 Å². The summed E-state index contributed by atoms with van der Waals surface area (Å²) in [4.78, 5) is 47.7. The first-order chi connectivity index (χ1) is 9.50. The average Bonchev–Trinajstić information content (AvgIpc) is 2.95. The van der Waals surface area contributed by atoms with Crippen LogP contribution in [-0.2, 0) is 14.4 Å². The third kappa shape index (κ3) is 1.91. The number of nitrogens with zero attached hydrogens (tertiary/aromatic N) is 2. The monoisotopic (exact) mass is 279 g/mol. The predicted molar refractivity (Wildman–Crippen MR) is 65.4 cm³/mol. The van der Waals surface area contributed by atoms with Crippen LogP contribution < -0.4 is 16.1 Å². The van der Waals surface area contributed by atoms with E-state index in [0.717, 1.165) is 0 Å². The second-order valence-corrected chi connectivity index (χ2v) is 5.06. The molecule has 20 heavy (non-hydrogen) atoms. The van der Waals surface area contributed by atoms with Crippen LogP contribution in [0, 0.1) is 0 Å². The molecule has 0 aliphatic carbocycles. The number of rotatable bonds is 1. The van der Waals surface area contributed by atoms with Crippen molar-refractivity contribution in [1.29, 1.82) is 0 Å². The smallest absolute Gasteiger partial charge is 0.322 e. The second kappa shape index (κ2) is 4.29. The van der Waals surface area contributed by atoms with Gasteiger partial charge in [-0.2, -0.15) is 5.10 Å². The highest BCUT2D eigenvalue weighted by atomic mass is 16.2. The van der Waals surface area contributed by atoms with Gasteiger partial charge in [-0.15, -0.1) is 0 Å². The van der Waals surface area contributed by atoms with Crippen LogP contribution in [0.25, 0.3) is 0 Å². The standard InChI is InChI=1S/C11H13N5O4/c17-7-2-1-6(14-15-7)8(18)16-4-3-11(5-16)9(19)12-10(20)13-11/h1-5H2,(H,15,17)(H2,12,13,19,20). The molecule has 9 nitrogen and oxygen atoms in total. The summed E-state index contributed by atoms with van der Waals surface area (Å²) in [5.41, 5.74) is 1.51. The number of carbonyl (C=O) groups is 4. The SMILES string of the molecule is O=C1CCC(C(=O)N2CCC3(C2)NC(=O)NC3=O)=NN1. The number of nitrogens with one attached hydrogen (secondary N) is 3. The molecule has 0 bridgehead atoms. The lowest BCUT2D eigenvalue weighted by Gasteiger charge is -2.22. The van der Waals surface area contributed by atoms with Gasteiger partial charge in [0.2, 0.25) is 5.91 Å². The molecule has 3 rings (SSSR count). The summed E-state index contributed by atoms with van der Waals surface area (Å²) >= 11 is 0. The summed E-state index contributed by atoms with van der Waals surface area (Å²) in [6, 6.07) is -0.536. The molecule has 106 valence electrons. The van der Waals surface area contributed by atoms with Crippen molar-refractivity contribution in [2.24, 2.45) is 5.10 Å². The van der Waals surface area contributed by atoms with E-state index in [1.54, 1.807) is 0 Å². The zero-order valence-electron chi connectivity index (χ0n) is 10.6. The maximum atomic E-state index is 12.2. The highest BCUT2D eigenvalue weighted by Gasteiger charge is 2.52. The van der Waals surface area contributed by atoms with E-state index >= 15 is 0 Å². The molecule has 3 N–H and O–H groups in total. The molecule has 0 aromatic carbocycles. The van der Waals surface area contributed by atoms with Crippen LogP contribution in [0.5, 0.6) is 0 Å². The highest BCUT2D eigenvalue weighted by molar-refractivity contribution is 6.39. The minimum absolute atomic E-state index is 0.121. The van der Waals surface area contributed by atoms with Crippen molar-refractivity contribution < 1.29 is 19.2 Å². The molecule has 5 amide bonds. The summed E-state index contributed by atoms with van der Waals surface area (Å²) < 4.78 is 0. The summed E-state index contributed by atoms with van der Waals surface area (Å²) in [5, 5.41) is 8.49. The topological polar surface area (TPSA) is 120 Å². The van der Waals surface area contributed by atoms with E-state index in [4.69, 9.17) is 0 Å². The van der Waals surface area contributed by atoms with Gasteiger partial charge in [-0.25, -0.2) is 10.2 Å². The van der Waals surface area contributed by atoms with Crippen LogP contribution in [0.2, 0.25) is 0 Å². The number of imide groups is 1. The highest BCUT2D eigenvalue weighted by Crippen LogP contribution is 2.25. The van der Waals surface area contributed by atoms with Gasteiger partial charge in [-0.05, 0) is 6.42 Å². The van der Waals surface area contributed by atoms with Crippen LogP contribution in [0.15, 0.2) is 5.10 Å². The van der Waals surface area contributed by atoms with E-state index in [0.29, 0.717) is 13.0 Å². The fourth-order valence-corrected chi connectivity index (χ4v) is 2.61. The molecule has 1 atom stereocenters. The average molecular weight is 279 g/mol. The van der Waals surface area contributed by atoms with Crippen molar-refractivity contribution in [2.45, 2.75) is 24.8 Å². The van der Waals surface area contributed by atoms with Crippen molar-refractivity contribution in [2.75, 3.05) is 13.1 Å². The summed E-state index contributed by atoms with van der Waals surface area (Å²) in [7, 11) is 0. The van der Waals surface area contributed by atoms with Crippen molar-refractivity contribution in [3.05, 3.63) is 0 Å². The summed E-state index contributed by atoms with van der Waals surface area (Å²) in [5.74, 6) is -0.936. The first-order valence-electron chi connectivity index (χ1n) is 6.28. The molecule has 3 aliphatic heterocycles. The Hall–Kier alpha value is -2.45. The van der Waals surface area contributed by atoms with Crippen molar-refractivity contribution in [1.82, 2.24) is 21.0 Å². The molecule has 3 heterocycles. The lowest BCUT2D eigenvalue weighted by molar-refractivity contribution is -0.125. The first kappa shape index (κ1) is 12.6. The van der Waals surface area contributed by atoms with E-state index in [2.05, 4.69) is 21.2 Å². The molecular weight excluding hydrogens is 266 g/mol. The number of hydrazone groups is 1. The molecule has 1 unspecified atom stereocenters. The van der Waals surface area contributed by atoms with Gasteiger partial charge >= 0.3 is 6.03 Å². The summed E-state index contributed by atoms with van der Waals surface area (Å²) in [6.07, 6.45) is 0.878. The Balaban J connectivity index is 1.71. The number of likely N-dealkylation sites (tertiary alicyclic amines) is 1. The maximum absolute atomic E-state index is 12.2. The number of urea groups is 1. The fraction of sp³-hybridized carbons (Fsp3) is 0.545.